The van der Waals surface area contributed by atoms with Crippen LogP contribution in [0.1, 0.15) is 39.2 Å². The van der Waals surface area contributed by atoms with Gasteiger partial charge in [0.1, 0.15) is 0 Å². The largest absolute Gasteiger partial charge is 0.281 e. The molecule has 0 aromatic heterocycles. The highest BCUT2D eigenvalue weighted by Gasteiger charge is 2.25. The fraction of sp³-hybridized carbons (Fsp3) is 0.286. The number of non-ortho nitro benzene ring substituents is 1. The zero-order valence-corrected chi connectivity index (χ0v) is 15.4. The molecule has 0 heterocycles. The predicted octanol–water partition coefficient (Wildman–Crippen LogP) is 5.52. The Balaban J connectivity index is 2.57. The average Bonchev–Trinajstić information content (AvgIpc) is 2.60. The summed E-state index contributed by atoms with van der Waals surface area (Å²) in [7, 11) is 0. The number of anilines is 2. The summed E-state index contributed by atoms with van der Waals surface area (Å²) in [6.07, 6.45) is 2.60. The lowest BCUT2D eigenvalue weighted by molar-refractivity contribution is -0.384. The summed E-state index contributed by atoms with van der Waals surface area (Å²) in [6, 6.07) is 13.8. The van der Waals surface area contributed by atoms with Crippen LogP contribution in [0.2, 0.25) is 0 Å². The molecule has 5 nitrogen and oxygen atoms in total. The minimum absolute atomic E-state index is 0.00338. The molecule has 0 saturated carbocycles. The number of amides is 1. The van der Waals surface area contributed by atoms with E-state index in [1.54, 1.807) is 23.1 Å². The van der Waals surface area contributed by atoms with Gasteiger partial charge in [0, 0.05) is 24.2 Å². The van der Waals surface area contributed by atoms with Crippen molar-refractivity contribution in [1.29, 1.82) is 0 Å². The number of carbonyl (C=O) groups excluding carboxylic acids is 1. The van der Waals surface area contributed by atoms with Crippen LogP contribution in [0, 0.1) is 10.1 Å². The summed E-state index contributed by atoms with van der Waals surface area (Å²) >= 11 is 0. The van der Waals surface area contributed by atoms with Crippen molar-refractivity contribution in [3.63, 3.8) is 0 Å². The van der Waals surface area contributed by atoms with Gasteiger partial charge in [0.25, 0.3) is 5.69 Å². The second-order valence-electron chi connectivity index (χ2n) is 7.10. The summed E-state index contributed by atoms with van der Waals surface area (Å²) < 4.78 is 0. The van der Waals surface area contributed by atoms with Crippen LogP contribution in [-0.2, 0) is 10.2 Å². The van der Waals surface area contributed by atoms with Gasteiger partial charge < -0.3 is 0 Å². The molecule has 0 bridgehead atoms. The number of nitrogens with zero attached hydrogens (tertiary/aromatic N) is 2. The molecule has 0 aliphatic carbocycles. The lowest BCUT2D eigenvalue weighted by Gasteiger charge is -2.30. The summed E-state index contributed by atoms with van der Waals surface area (Å²) in [4.78, 5) is 25.1. The molecule has 2 aromatic carbocycles. The molecule has 1 amide bonds. The molecule has 0 aliphatic heterocycles. The van der Waals surface area contributed by atoms with E-state index in [9.17, 15) is 14.9 Å². The lowest BCUT2D eigenvalue weighted by atomic mass is 9.85. The molecule has 0 atom stereocenters. The van der Waals surface area contributed by atoms with E-state index in [2.05, 4.69) is 27.4 Å². The van der Waals surface area contributed by atoms with E-state index in [0.717, 1.165) is 11.3 Å². The van der Waals surface area contributed by atoms with E-state index < -0.39 is 4.92 Å². The Bertz CT molecular complexity index is 805. The van der Waals surface area contributed by atoms with Crippen LogP contribution in [-0.4, -0.2) is 10.8 Å². The Kier molecular flexibility index (Phi) is 5.93. The Hall–Kier alpha value is -2.95. The second kappa shape index (κ2) is 7.95. The maximum Gasteiger partial charge on any atom is 0.269 e. The second-order valence-corrected chi connectivity index (χ2v) is 7.10. The molecule has 0 N–H and O–H groups in total. The molecule has 5 heteroatoms. The number of nitro groups is 1. The van der Waals surface area contributed by atoms with E-state index >= 15 is 0 Å². The number of hydrogen-bond acceptors (Lipinski definition) is 3. The number of benzene rings is 2. The Morgan fingerprint density at radius 1 is 1.15 bits per heavy atom. The molecular formula is C21H24N2O3. The first-order valence-electron chi connectivity index (χ1n) is 8.53. The van der Waals surface area contributed by atoms with Crippen molar-refractivity contribution >= 4 is 23.0 Å². The zero-order valence-electron chi connectivity index (χ0n) is 15.4. The van der Waals surface area contributed by atoms with E-state index in [4.69, 9.17) is 0 Å². The van der Waals surface area contributed by atoms with E-state index in [-0.39, 0.29) is 17.0 Å². The van der Waals surface area contributed by atoms with Gasteiger partial charge >= 0.3 is 0 Å². The number of rotatable bonds is 6. The third-order valence-electron chi connectivity index (χ3n) is 4.08. The molecule has 0 unspecified atom stereocenters. The number of allylic oxidation sites excluding steroid dienone is 1. The predicted molar refractivity (Wildman–Crippen MR) is 105 cm³/mol. The van der Waals surface area contributed by atoms with Crippen molar-refractivity contribution in [3.8, 4) is 0 Å². The van der Waals surface area contributed by atoms with Gasteiger partial charge in [-0.15, -0.1) is 6.58 Å². The summed E-state index contributed by atoms with van der Waals surface area (Å²) in [5.74, 6) is -0.0737. The Morgan fingerprint density at radius 2 is 1.77 bits per heavy atom. The van der Waals surface area contributed by atoms with Crippen LogP contribution in [0.3, 0.4) is 0 Å². The molecule has 0 saturated heterocycles. The first kappa shape index (κ1) is 19.4. The van der Waals surface area contributed by atoms with Crippen molar-refractivity contribution in [2.75, 3.05) is 4.90 Å². The van der Waals surface area contributed by atoms with E-state index in [0.29, 0.717) is 18.5 Å². The van der Waals surface area contributed by atoms with Gasteiger partial charge in [0.15, 0.2) is 0 Å². The third-order valence-corrected chi connectivity index (χ3v) is 4.08. The molecule has 26 heavy (non-hydrogen) atoms. The molecule has 0 aliphatic rings. The zero-order chi connectivity index (χ0) is 19.3. The van der Waals surface area contributed by atoms with Crippen molar-refractivity contribution in [3.05, 3.63) is 76.9 Å². The minimum atomic E-state index is -0.448. The van der Waals surface area contributed by atoms with Crippen LogP contribution in [0.15, 0.2) is 61.2 Å². The summed E-state index contributed by atoms with van der Waals surface area (Å²) in [5.41, 5.74) is 2.28. The molecule has 0 radical (unpaired) electrons. The number of nitro benzene ring substituents is 1. The monoisotopic (exact) mass is 352 g/mol. The highest BCUT2D eigenvalue weighted by molar-refractivity contribution is 6.01. The number of carbonyl (C=O) groups is 1. The summed E-state index contributed by atoms with van der Waals surface area (Å²) in [6.45, 7) is 9.95. The quantitative estimate of drug-likeness (QED) is 0.390. The van der Waals surface area contributed by atoms with Gasteiger partial charge in [0.2, 0.25) is 5.91 Å². The van der Waals surface area contributed by atoms with E-state index in [1.165, 1.54) is 12.1 Å². The minimum Gasteiger partial charge on any atom is -0.281 e. The highest BCUT2D eigenvalue weighted by atomic mass is 16.6. The van der Waals surface area contributed by atoms with Crippen molar-refractivity contribution in [2.45, 2.75) is 39.0 Å². The van der Waals surface area contributed by atoms with Crippen LogP contribution < -0.4 is 4.90 Å². The first-order valence-corrected chi connectivity index (χ1v) is 8.53. The average molecular weight is 352 g/mol. The maximum atomic E-state index is 12.9. The normalized spacial score (nSPS) is 11.0. The van der Waals surface area contributed by atoms with Gasteiger partial charge in [-0.25, -0.2) is 0 Å². The molecule has 2 aromatic rings. The van der Waals surface area contributed by atoms with Crippen molar-refractivity contribution in [1.82, 2.24) is 0 Å². The topological polar surface area (TPSA) is 63.5 Å². The Labute approximate surface area is 154 Å². The fourth-order valence-electron chi connectivity index (χ4n) is 2.78. The van der Waals surface area contributed by atoms with Crippen LogP contribution in [0.4, 0.5) is 17.1 Å². The van der Waals surface area contributed by atoms with Gasteiger partial charge in [-0.1, -0.05) is 45.0 Å². The maximum absolute atomic E-state index is 12.9. The fourth-order valence-corrected chi connectivity index (χ4v) is 2.78. The molecule has 0 fully saturated rings. The Morgan fingerprint density at radius 3 is 2.31 bits per heavy atom. The number of para-hydroxylation sites is 1. The van der Waals surface area contributed by atoms with Gasteiger partial charge in [-0.05, 0) is 35.6 Å². The molecule has 136 valence electrons. The standard InChI is InChI=1S/C21H24N2O3/c1-5-6-11-20(24)22(16-12-14-17(15-13-16)23(25)26)19-10-8-7-9-18(19)21(2,3)4/h5,7-10,12-15H,1,6,11H2,2-4H3. The highest BCUT2D eigenvalue weighted by Crippen LogP contribution is 2.36. The molecular weight excluding hydrogens is 328 g/mol. The van der Waals surface area contributed by atoms with Crippen molar-refractivity contribution in [2.24, 2.45) is 0 Å². The van der Waals surface area contributed by atoms with Gasteiger partial charge in [0.05, 0.1) is 10.6 Å². The van der Waals surface area contributed by atoms with Crippen LogP contribution in [0.5, 0.6) is 0 Å². The third kappa shape index (κ3) is 4.36. The molecule has 0 spiro atoms. The van der Waals surface area contributed by atoms with E-state index in [1.807, 2.05) is 24.3 Å². The lowest BCUT2D eigenvalue weighted by Crippen LogP contribution is -2.28. The van der Waals surface area contributed by atoms with Crippen LogP contribution >= 0.6 is 0 Å². The first-order chi connectivity index (χ1) is 12.3. The summed E-state index contributed by atoms with van der Waals surface area (Å²) in [5, 5.41) is 10.9. The number of hydrogen-bond donors (Lipinski definition) is 0. The van der Waals surface area contributed by atoms with Gasteiger partial charge in [-0.2, -0.15) is 0 Å². The van der Waals surface area contributed by atoms with Gasteiger partial charge in [-0.3, -0.25) is 19.8 Å². The smallest absolute Gasteiger partial charge is 0.269 e. The molecule has 2 rings (SSSR count). The van der Waals surface area contributed by atoms with Crippen molar-refractivity contribution < 1.29 is 9.72 Å². The van der Waals surface area contributed by atoms with Crippen LogP contribution in [0.25, 0.3) is 0 Å². The SMILES string of the molecule is C=CCCC(=O)N(c1ccc([N+](=O)[O-])cc1)c1ccccc1C(C)(C)C.